The van der Waals surface area contributed by atoms with E-state index >= 15 is 0 Å². The molecule has 1 atom stereocenters. The van der Waals surface area contributed by atoms with Gasteiger partial charge in [-0.05, 0) is 19.9 Å². The molecule has 0 aromatic heterocycles. The molecule has 0 radical (unpaired) electrons. The van der Waals surface area contributed by atoms with Crippen molar-refractivity contribution >= 4 is 5.91 Å². The number of hydrogen-bond acceptors (Lipinski definition) is 3. The van der Waals surface area contributed by atoms with Crippen LogP contribution in [0.2, 0.25) is 0 Å². The Balaban J connectivity index is 2.17. The minimum atomic E-state index is -0.239. The van der Waals surface area contributed by atoms with Crippen LogP contribution in [0.1, 0.15) is 19.8 Å². The molecule has 1 aliphatic heterocycles. The predicted octanol–water partition coefficient (Wildman–Crippen LogP) is -0.797. The number of carbonyl (C=O) groups is 1. The summed E-state index contributed by atoms with van der Waals surface area (Å²) >= 11 is 0. The second-order valence-corrected chi connectivity index (χ2v) is 3.63. The Bertz CT molecular complexity index is 164. The lowest BCUT2D eigenvalue weighted by molar-refractivity contribution is -0.117. The highest BCUT2D eigenvalue weighted by molar-refractivity contribution is 5.73. The van der Waals surface area contributed by atoms with E-state index < -0.39 is 0 Å². The molecular formula is C8H17N3O. The first-order valence-corrected chi connectivity index (χ1v) is 4.36. The van der Waals surface area contributed by atoms with Crippen LogP contribution in [0.3, 0.4) is 0 Å². The molecule has 4 nitrogen and oxygen atoms in total. The van der Waals surface area contributed by atoms with Gasteiger partial charge in [-0.25, -0.2) is 0 Å². The highest BCUT2D eigenvalue weighted by atomic mass is 16.1. The molecule has 70 valence electrons. The van der Waals surface area contributed by atoms with E-state index in [0.29, 0.717) is 13.0 Å². The quantitative estimate of drug-likeness (QED) is 0.519. The summed E-state index contributed by atoms with van der Waals surface area (Å²) in [6, 6.07) is 0. The summed E-state index contributed by atoms with van der Waals surface area (Å²) in [6.07, 6.45) is 1.54. The highest BCUT2D eigenvalue weighted by Gasteiger charge is 2.27. The zero-order valence-corrected chi connectivity index (χ0v) is 7.52. The number of nitrogens with one attached hydrogen (secondary N) is 2. The van der Waals surface area contributed by atoms with Gasteiger partial charge in [-0.2, -0.15) is 0 Å². The van der Waals surface area contributed by atoms with Crippen LogP contribution in [-0.4, -0.2) is 31.1 Å². The minimum Gasteiger partial charge on any atom is -0.370 e. The molecule has 1 amide bonds. The number of primary amides is 1. The van der Waals surface area contributed by atoms with Crippen molar-refractivity contribution in [3.8, 4) is 0 Å². The zero-order valence-electron chi connectivity index (χ0n) is 7.52. The smallest absolute Gasteiger partial charge is 0.218 e. The van der Waals surface area contributed by atoms with Gasteiger partial charge in [-0.15, -0.1) is 0 Å². The van der Waals surface area contributed by atoms with Crippen LogP contribution in [0.5, 0.6) is 0 Å². The van der Waals surface area contributed by atoms with E-state index in [1.807, 2.05) is 0 Å². The van der Waals surface area contributed by atoms with Crippen molar-refractivity contribution < 1.29 is 4.79 Å². The summed E-state index contributed by atoms with van der Waals surface area (Å²) in [4.78, 5) is 10.4. The summed E-state index contributed by atoms with van der Waals surface area (Å²) in [5, 5.41) is 6.60. The molecule has 0 spiro atoms. The average Bonchev–Trinajstić information content (AvgIpc) is 2.35. The standard InChI is InChI=1S/C8H17N3O/c1-8(3-5-10-6-8)11-4-2-7(9)12/h10-11H,2-6H2,1H3,(H2,9,12). The molecule has 1 unspecified atom stereocenters. The van der Waals surface area contributed by atoms with E-state index in [9.17, 15) is 4.79 Å². The lowest BCUT2D eigenvalue weighted by atomic mass is 10.0. The van der Waals surface area contributed by atoms with Gasteiger partial charge in [0.25, 0.3) is 0 Å². The molecule has 0 aliphatic carbocycles. The number of carbonyl (C=O) groups excluding carboxylic acids is 1. The third-order valence-corrected chi connectivity index (χ3v) is 2.29. The van der Waals surface area contributed by atoms with Gasteiger partial charge in [-0.3, -0.25) is 4.79 Å². The third kappa shape index (κ3) is 2.79. The maximum absolute atomic E-state index is 10.4. The third-order valence-electron chi connectivity index (χ3n) is 2.29. The molecule has 0 aromatic rings. The number of nitrogens with two attached hydrogens (primary N) is 1. The summed E-state index contributed by atoms with van der Waals surface area (Å²) in [5.41, 5.74) is 5.19. The molecule has 1 saturated heterocycles. The maximum Gasteiger partial charge on any atom is 0.218 e. The monoisotopic (exact) mass is 171 g/mol. The van der Waals surface area contributed by atoms with Gasteiger partial charge in [0, 0.05) is 25.0 Å². The topological polar surface area (TPSA) is 67.1 Å². The summed E-state index contributed by atoms with van der Waals surface area (Å²) < 4.78 is 0. The molecule has 0 bridgehead atoms. The van der Waals surface area contributed by atoms with Crippen LogP contribution in [0.15, 0.2) is 0 Å². The van der Waals surface area contributed by atoms with Gasteiger partial charge < -0.3 is 16.4 Å². The number of amides is 1. The van der Waals surface area contributed by atoms with E-state index in [0.717, 1.165) is 19.5 Å². The normalized spacial score (nSPS) is 29.1. The fourth-order valence-corrected chi connectivity index (χ4v) is 1.46. The molecule has 4 heteroatoms. The Kier molecular flexibility index (Phi) is 3.05. The fourth-order valence-electron chi connectivity index (χ4n) is 1.46. The van der Waals surface area contributed by atoms with E-state index in [1.165, 1.54) is 0 Å². The summed E-state index contributed by atoms with van der Waals surface area (Å²) in [6.45, 7) is 4.88. The van der Waals surface area contributed by atoms with Crippen LogP contribution in [0.4, 0.5) is 0 Å². The zero-order chi connectivity index (χ0) is 9.03. The van der Waals surface area contributed by atoms with Crippen molar-refractivity contribution in [2.45, 2.75) is 25.3 Å². The van der Waals surface area contributed by atoms with Crippen molar-refractivity contribution in [2.75, 3.05) is 19.6 Å². The minimum absolute atomic E-state index is 0.162. The first-order chi connectivity index (χ1) is 5.62. The van der Waals surface area contributed by atoms with Crippen molar-refractivity contribution in [1.29, 1.82) is 0 Å². The predicted molar refractivity (Wildman–Crippen MR) is 47.7 cm³/mol. The molecular weight excluding hydrogens is 154 g/mol. The van der Waals surface area contributed by atoms with Gasteiger partial charge in [0.05, 0.1) is 0 Å². The summed E-state index contributed by atoms with van der Waals surface area (Å²) in [7, 11) is 0. The number of hydrogen-bond donors (Lipinski definition) is 3. The molecule has 0 aromatic carbocycles. The van der Waals surface area contributed by atoms with E-state index in [2.05, 4.69) is 17.6 Å². The van der Waals surface area contributed by atoms with Crippen molar-refractivity contribution in [2.24, 2.45) is 5.73 Å². The molecule has 12 heavy (non-hydrogen) atoms. The van der Waals surface area contributed by atoms with Crippen LogP contribution < -0.4 is 16.4 Å². The van der Waals surface area contributed by atoms with Gasteiger partial charge >= 0.3 is 0 Å². The number of rotatable bonds is 4. The SMILES string of the molecule is CC1(NCCC(N)=O)CCNC1. The lowest BCUT2D eigenvalue weighted by Crippen LogP contribution is -2.45. The molecule has 1 aliphatic rings. The van der Waals surface area contributed by atoms with Crippen molar-refractivity contribution in [1.82, 2.24) is 10.6 Å². The van der Waals surface area contributed by atoms with Crippen LogP contribution in [-0.2, 0) is 4.79 Å². The molecule has 1 fully saturated rings. The molecule has 0 saturated carbocycles. The summed E-state index contributed by atoms with van der Waals surface area (Å²) in [5.74, 6) is -0.239. The van der Waals surface area contributed by atoms with Crippen LogP contribution in [0, 0.1) is 0 Å². The molecule has 1 heterocycles. The van der Waals surface area contributed by atoms with Crippen molar-refractivity contribution in [3.63, 3.8) is 0 Å². The Morgan fingerprint density at radius 2 is 2.50 bits per heavy atom. The van der Waals surface area contributed by atoms with Gasteiger partial charge in [0.2, 0.25) is 5.91 Å². The fraction of sp³-hybridized carbons (Fsp3) is 0.875. The Hall–Kier alpha value is -0.610. The Morgan fingerprint density at radius 3 is 3.00 bits per heavy atom. The Morgan fingerprint density at radius 1 is 1.75 bits per heavy atom. The van der Waals surface area contributed by atoms with Gasteiger partial charge in [0.15, 0.2) is 0 Å². The van der Waals surface area contributed by atoms with E-state index in [1.54, 1.807) is 0 Å². The molecule has 4 N–H and O–H groups in total. The second kappa shape index (κ2) is 3.87. The maximum atomic E-state index is 10.4. The first-order valence-electron chi connectivity index (χ1n) is 4.36. The highest BCUT2D eigenvalue weighted by Crippen LogP contribution is 2.12. The van der Waals surface area contributed by atoms with E-state index in [-0.39, 0.29) is 11.4 Å². The average molecular weight is 171 g/mol. The van der Waals surface area contributed by atoms with Gasteiger partial charge in [-0.1, -0.05) is 0 Å². The Labute approximate surface area is 72.9 Å². The van der Waals surface area contributed by atoms with Crippen LogP contribution >= 0.6 is 0 Å². The molecule has 1 rings (SSSR count). The first kappa shape index (κ1) is 9.48. The van der Waals surface area contributed by atoms with E-state index in [4.69, 9.17) is 5.73 Å². The van der Waals surface area contributed by atoms with Crippen molar-refractivity contribution in [3.05, 3.63) is 0 Å². The largest absolute Gasteiger partial charge is 0.370 e. The second-order valence-electron chi connectivity index (χ2n) is 3.63. The van der Waals surface area contributed by atoms with Gasteiger partial charge in [0.1, 0.15) is 0 Å². The van der Waals surface area contributed by atoms with Crippen LogP contribution in [0.25, 0.3) is 0 Å². The lowest BCUT2D eigenvalue weighted by Gasteiger charge is -2.23.